The van der Waals surface area contributed by atoms with Crippen LogP contribution in [0.4, 0.5) is 0 Å². The molecule has 0 saturated carbocycles. The average Bonchev–Trinajstić information content (AvgIpc) is 1.96. The van der Waals surface area contributed by atoms with Crippen molar-refractivity contribution in [2.75, 3.05) is 6.54 Å². The zero-order valence-electron chi connectivity index (χ0n) is 8.38. The first-order valence-electron chi connectivity index (χ1n) is 3.95. The number of amides is 1. The average molecular weight is 444 g/mol. The Morgan fingerprint density at radius 1 is 1.57 bits per heavy atom. The largest absolute Gasteiger partial charge is 0.528 e. The fourth-order valence-electron chi connectivity index (χ4n) is 0.612. The van der Waals surface area contributed by atoms with Crippen LogP contribution in [0.2, 0.25) is 0 Å². The van der Waals surface area contributed by atoms with Gasteiger partial charge in [0.2, 0.25) is 0 Å². The molecule has 0 aromatic heterocycles. The molecule has 88 valence electrons. The van der Waals surface area contributed by atoms with Crippen LogP contribution >= 0.6 is 0 Å². The minimum absolute atomic E-state index is 0. The first kappa shape index (κ1) is 14.4. The Labute approximate surface area is 77.6 Å². The van der Waals surface area contributed by atoms with Gasteiger partial charge in [-0.05, 0) is 20.8 Å². The molecule has 0 fully saturated rings. The minimum Gasteiger partial charge on any atom is -0.528 e. The third-order valence-electron chi connectivity index (χ3n) is 1.10. The number of rotatable bonds is 4. The molecule has 0 spiro atoms. The fourth-order valence-corrected chi connectivity index (χ4v) is 0.612. The SMILES string of the molecule is CC(C)(C)OC(=O)C(N)CN[C-]=O.[Fm]. The van der Waals surface area contributed by atoms with Crippen LogP contribution in [-0.4, -0.2) is 30.6 Å². The van der Waals surface area contributed by atoms with Crippen LogP contribution in [-0.2, 0) is 14.3 Å². The van der Waals surface area contributed by atoms with Crippen LogP contribution < -0.4 is 11.1 Å². The normalized spacial score (nSPS) is 12.3. The third kappa shape index (κ3) is 6.60. The van der Waals surface area contributed by atoms with E-state index in [9.17, 15) is 9.59 Å². The molecule has 1 amide bonds. The van der Waals surface area contributed by atoms with E-state index >= 15 is 0 Å². The van der Waals surface area contributed by atoms with Crippen molar-refractivity contribution in [3.05, 3.63) is 0 Å². The minimum atomic E-state index is -0.833. The van der Waals surface area contributed by atoms with Crippen LogP contribution in [0.5, 0.6) is 0 Å². The summed E-state index contributed by atoms with van der Waals surface area (Å²) < 4.78 is 4.96. The van der Waals surface area contributed by atoms with E-state index in [1.165, 1.54) is 6.41 Å². The van der Waals surface area contributed by atoms with E-state index in [0.717, 1.165) is 0 Å². The summed E-state index contributed by atoms with van der Waals surface area (Å²) in [7, 11) is 0. The van der Waals surface area contributed by atoms with E-state index in [1.807, 2.05) is 0 Å². The van der Waals surface area contributed by atoms with Crippen molar-refractivity contribution < 1.29 is 14.3 Å². The predicted octanol–water partition coefficient (Wildman–Crippen LogP) is -0.688. The Hall–Kier alpha value is -2.10. The van der Waals surface area contributed by atoms with Gasteiger partial charge in [-0.3, -0.25) is 4.79 Å². The predicted molar refractivity (Wildman–Crippen MR) is 47.5 cm³/mol. The van der Waals surface area contributed by atoms with Crippen molar-refractivity contribution in [3.8, 4) is 0 Å². The Bertz CT molecular complexity index is 192. The number of hydrogen-bond donors (Lipinski definition) is 2. The molecule has 0 bridgehead atoms. The first-order valence-corrected chi connectivity index (χ1v) is 3.95. The van der Waals surface area contributed by atoms with E-state index in [0.29, 0.717) is 0 Å². The summed E-state index contributed by atoms with van der Waals surface area (Å²) in [6.07, 6.45) is 1.43. The van der Waals surface area contributed by atoms with Crippen molar-refractivity contribution in [3.63, 3.8) is 0 Å². The van der Waals surface area contributed by atoms with E-state index in [-0.39, 0.29) is 6.54 Å². The van der Waals surface area contributed by atoms with Crippen LogP contribution in [0.1, 0.15) is 20.8 Å². The maximum Gasteiger partial charge on any atom is 0.325 e. The zero-order valence-corrected chi connectivity index (χ0v) is 10.8. The van der Waals surface area contributed by atoms with Gasteiger partial charge in [-0.15, -0.1) is 0 Å². The summed E-state index contributed by atoms with van der Waals surface area (Å²) in [5, 5.41) is 2.18. The van der Waals surface area contributed by atoms with Gasteiger partial charge < -0.3 is 20.6 Å². The Balaban J connectivity index is 0. The molecule has 0 saturated heterocycles. The van der Waals surface area contributed by atoms with Crippen molar-refractivity contribution in [1.82, 2.24) is 5.32 Å². The summed E-state index contributed by atoms with van der Waals surface area (Å²) >= 11 is 0. The van der Waals surface area contributed by atoms with Crippen molar-refractivity contribution in [1.29, 1.82) is 0 Å². The van der Waals surface area contributed by atoms with Crippen LogP contribution in [0.15, 0.2) is 0 Å². The second-order valence-corrected chi connectivity index (χ2v) is 3.62. The summed E-state index contributed by atoms with van der Waals surface area (Å²) in [5.74, 6) is -0.532. The summed E-state index contributed by atoms with van der Waals surface area (Å²) in [5.41, 5.74) is 4.84. The molecule has 14 heavy (non-hydrogen) atoms. The summed E-state index contributed by atoms with van der Waals surface area (Å²) in [6.45, 7) is 5.28. The van der Waals surface area contributed by atoms with Gasteiger partial charge in [-0.1, -0.05) is 0 Å². The van der Waals surface area contributed by atoms with E-state index < -0.39 is 17.6 Å². The molecule has 0 heterocycles. The van der Waals surface area contributed by atoms with E-state index in [1.54, 1.807) is 20.8 Å². The molecule has 0 aliphatic rings. The van der Waals surface area contributed by atoms with Crippen molar-refractivity contribution >= 4 is 12.4 Å². The Morgan fingerprint density at radius 3 is 2.43 bits per heavy atom. The number of esters is 1. The maximum absolute atomic E-state index is 11.1. The molecular formula is C8H15FmN2O3-. The van der Waals surface area contributed by atoms with Gasteiger partial charge in [-0.2, -0.15) is 6.41 Å². The van der Waals surface area contributed by atoms with E-state index in [4.69, 9.17) is 10.5 Å². The Kier molecular flexibility index (Phi) is 5.70. The van der Waals surface area contributed by atoms with Crippen molar-refractivity contribution in [2.45, 2.75) is 32.4 Å². The van der Waals surface area contributed by atoms with Gasteiger partial charge in [0.05, 0.1) is 0 Å². The first-order chi connectivity index (χ1) is 5.87. The number of nitrogens with one attached hydrogen (secondary N) is 1. The molecule has 0 aliphatic heterocycles. The van der Waals surface area contributed by atoms with Gasteiger partial charge in [0.15, 0.2) is 0 Å². The van der Waals surface area contributed by atoms with Gasteiger partial charge in [-0.25, -0.2) is 0 Å². The molecule has 1 atom stereocenters. The number of carbonyl (C=O) groups is 1. The van der Waals surface area contributed by atoms with Gasteiger partial charge in [0.1, 0.15) is 11.6 Å². The molecule has 0 aliphatic carbocycles. The number of nitrogens with two attached hydrogens (primary N) is 1. The third-order valence-corrected chi connectivity index (χ3v) is 1.10. The molecule has 3 N–H and O–H groups in total. The second-order valence-electron chi connectivity index (χ2n) is 3.62. The maximum atomic E-state index is 11.1. The van der Waals surface area contributed by atoms with Crippen molar-refractivity contribution in [2.24, 2.45) is 5.73 Å². The molecule has 0 aromatic carbocycles. The quantitative estimate of drug-likeness (QED) is 0.342. The van der Waals surface area contributed by atoms with Crippen LogP contribution in [0, 0.1) is 0 Å². The molecular weight excluding hydrogens is 429 g/mol. The monoisotopic (exact) mass is 444 g/mol. The molecule has 1 unspecified atom stereocenters. The van der Waals surface area contributed by atoms with Gasteiger partial charge >= 0.3 is 5.97 Å². The van der Waals surface area contributed by atoms with Crippen LogP contribution in [0.3, 0.4) is 0 Å². The standard InChI is InChI=1S/C8H15N2O3.Fm/c1-8(2,3)13-7(12)6(9)4-10-5-11;/h6H,4,9H2,1-3H3,(H,10,11);/q-1;. The summed E-state index contributed by atoms with van der Waals surface area (Å²) in [4.78, 5) is 20.9. The van der Waals surface area contributed by atoms with Crippen LogP contribution in [0.25, 0.3) is 0 Å². The Morgan fingerprint density at radius 2 is 2.07 bits per heavy atom. The van der Waals surface area contributed by atoms with E-state index in [2.05, 4.69) is 5.32 Å². The number of hydrogen-bond acceptors (Lipinski definition) is 4. The van der Waals surface area contributed by atoms with Gasteiger partial charge in [0, 0.05) is 6.54 Å². The molecule has 0 rings (SSSR count). The van der Waals surface area contributed by atoms with Gasteiger partial charge in [0.25, 0.3) is 0 Å². The molecule has 0 radical (unpaired) electrons. The topological polar surface area (TPSA) is 81.4 Å². The zero-order chi connectivity index (χ0) is 10.5. The molecule has 0 aromatic rings. The number of ether oxygens (including phenoxy) is 1. The fraction of sp³-hybridized carbons (Fsp3) is 0.750. The smallest absolute Gasteiger partial charge is 0.325 e. The second kappa shape index (κ2) is 5.53. The molecule has 5 nitrogen and oxygen atoms in total. The molecule has 6 heteroatoms. The number of carbonyl (C=O) groups excluding carboxylic acids is 2. The summed E-state index contributed by atoms with van der Waals surface area (Å²) in [6, 6.07) is -0.833.